The van der Waals surface area contributed by atoms with Gasteiger partial charge in [0.1, 0.15) is 5.82 Å². The molecule has 0 saturated heterocycles. The van der Waals surface area contributed by atoms with Gasteiger partial charge in [-0.2, -0.15) is 0 Å². The summed E-state index contributed by atoms with van der Waals surface area (Å²) in [7, 11) is 0. The monoisotopic (exact) mass is 307 g/mol. The van der Waals surface area contributed by atoms with E-state index < -0.39 is 17.7 Å². The van der Waals surface area contributed by atoms with Gasteiger partial charge in [0.25, 0.3) is 0 Å². The summed E-state index contributed by atoms with van der Waals surface area (Å²) in [5, 5.41) is 11.7. The largest absolute Gasteiger partial charge is 0.478 e. The molecule has 0 heterocycles. The Kier molecular flexibility index (Phi) is 4.55. The van der Waals surface area contributed by atoms with Crippen LogP contribution in [0, 0.1) is 5.82 Å². The van der Waals surface area contributed by atoms with Crippen LogP contribution in [0.25, 0.3) is 0 Å². The lowest BCUT2D eigenvalue weighted by molar-refractivity contribution is -0.115. The fourth-order valence-corrected chi connectivity index (χ4v) is 2.03. The van der Waals surface area contributed by atoms with Crippen molar-refractivity contribution < 1.29 is 19.1 Å². The van der Waals surface area contributed by atoms with Gasteiger partial charge in [0.2, 0.25) is 5.91 Å². The van der Waals surface area contributed by atoms with Crippen molar-refractivity contribution in [3.8, 4) is 0 Å². The number of carbonyl (C=O) groups excluding carboxylic acids is 1. The lowest BCUT2D eigenvalue weighted by atomic mass is 10.1. The molecule has 21 heavy (non-hydrogen) atoms. The summed E-state index contributed by atoms with van der Waals surface area (Å²) in [6.45, 7) is 0. The van der Waals surface area contributed by atoms with E-state index in [4.69, 9.17) is 16.7 Å². The normalized spacial score (nSPS) is 10.2. The number of rotatable bonds is 4. The molecule has 1 amide bonds. The third kappa shape index (κ3) is 3.58. The van der Waals surface area contributed by atoms with Crippen LogP contribution in [0.5, 0.6) is 0 Å². The minimum Gasteiger partial charge on any atom is -0.478 e. The van der Waals surface area contributed by atoms with Gasteiger partial charge in [-0.15, -0.1) is 0 Å². The molecule has 108 valence electrons. The summed E-state index contributed by atoms with van der Waals surface area (Å²) in [4.78, 5) is 23.0. The molecule has 2 aromatic rings. The van der Waals surface area contributed by atoms with Crippen molar-refractivity contribution in [1.82, 2.24) is 0 Å². The first kappa shape index (κ1) is 15.0. The van der Waals surface area contributed by atoms with Gasteiger partial charge in [-0.3, -0.25) is 4.79 Å². The second-order valence-electron chi connectivity index (χ2n) is 4.28. The number of aromatic carboxylic acids is 1. The third-order valence-corrected chi connectivity index (χ3v) is 3.19. The molecule has 2 rings (SSSR count). The highest BCUT2D eigenvalue weighted by Gasteiger charge is 2.17. The summed E-state index contributed by atoms with van der Waals surface area (Å²) < 4.78 is 13.7. The fraction of sp³-hybridized carbons (Fsp3) is 0.0667. The molecular formula is C15H11ClFNO3. The molecule has 0 aliphatic carbocycles. The molecule has 0 bridgehead atoms. The molecule has 0 aliphatic rings. The molecule has 0 aromatic heterocycles. The highest BCUT2D eigenvalue weighted by molar-refractivity contribution is 6.31. The molecular weight excluding hydrogens is 297 g/mol. The van der Waals surface area contributed by atoms with E-state index >= 15 is 0 Å². The van der Waals surface area contributed by atoms with E-state index in [1.807, 2.05) is 0 Å². The number of anilines is 1. The number of benzene rings is 2. The maximum Gasteiger partial charge on any atom is 0.337 e. The van der Waals surface area contributed by atoms with Crippen molar-refractivity contribution in [3.63, 3.8) is 0 Å². The van der Waals surface area contributed by atoms with Crippen molar-refractivity contribution in [2.45, 2.75) is 6.42 Å². The molecule has 0 fully saturated rings. The highest BCUT2D eigenvalue weighted by atomic mass is 35.5. The lowest BCUT2D eigenvalue weighted by Gasteiger charge is -2.10. The fourth-order valence-electron chi connectivity index (χ4n) is 1.83. The van der Waals surface area contributed by atoms with Crippen LogP contribution in [0.1, 0.15) is 15.9 Å². The molecule has 0 aliphatic heterocycles. The summed E-state index contributed by atoms with van der Waals surface area (Å²) in [6.07, 6.45) is -0.0763. The Bertz CT molecular complexity index is 703. The first-order chi connectivity index (χ1) is 9.99. The number of halogens is 2. The lowest BCUT2D eigenvalue weighted by Crippen LogP contribution is -2.18. The first-order valence-electron chi connectivity index (χ1n) is 6.04. The Morgan fingerprint density at radius 2 is 1.86 bits per heavy atom. The van der Waals surface area contributed by atoms with Gasteiger partial charge in [0, 0.05) is 5.02 Å². The van der Waals surface area contributed by atoms with Gasteiger partial charge in [-0.05, 0) is 23.8 Å². The Morgan fingerprint density at radius 1 is 1.14 bits per heavy atom. The van der Waals surface area contributed by atoms with E-state index in [1.165, 1.54) is 12.1 Å². The Hall–Kier alpha value is -2.40. The number of carboxylic acids is 1. The first-order valence-corrected chi connectivity index (χ1v) is 6.42. The number of nitrogens with one attached hydrogen (secondary N) is 1. The molecule has 4 nitrogen and oxygen atoms in total. The molecule has 0 radical (unpaired) electrons. The summed E-state index contributed by atoms with van der Waals surface area (Å²) in [6, 6.07) is 10.3. The van der Waals surface area contributed by atoms with Crippen LogP contribution in [0.15, 0.2) is 42.5 Å². The van der Waals surface area contributed by atoms with Crippen LogP contribution in [0.2, 0.25) is 5.02 Å². The summed E-state index contributed by atoms with van der Waals surface area (Å²) in [5.74, 6) is -2.67. The van der Waals surface area contributed by atoms with Gasteiger partial charge in [0.15, 0.2) is 0 Å². The molecule has 2 N–H and O–H groups in total. The molecule has 2 aromatic carbocycles. The van der Waals surface area contributed by atoms with Crippen LogP contribution < -0.4 is 5.32 Å². The summed E-state index contributed by atoms with van der Waals surface area (Å²) in [5.41, 5.74) is -0.0746. The standard InChI is InChI=1S/C15H11ClFNO3/c16-11-6-2-1-4-9(11)8-13(19)18-14-10(15(20)21)5-3-7-12(14)17/h1-7H,8H2,(H,18,19)(H,20,21). The molecule has 0 unspecified atom stereocenters. The number of carbonyl (C=O) groups is 2. The van der Waals surface area contributed by atoms with Crippen molar-refractivity contribution in [2.24, 2.45) is 0 Å². The average Bonchev–Trinajstić information content (AvgIpc) is 2.43. The Balaban J connectivity index is 2.21. The maximum absolute atomic E-state index is 13.7. The topological polar surface area (TPSA) is 66.4 Å². The smallest absolute Gasteiger partial charge is 0.337 e. The van der Waals surface area contributed by atoms with Gasteiger partial charge in [-0.1, -0.05) is 35.9 Å². The number of para-hydroxylation sites is 1. The third-order valence-electron chi connectivity index (χ3n) is 2.82. The second-order valence-corrected chi connectivity index (χ2v) is 4.69. The Morgan fingerprint density at radius 3 is 2.52 bits per heavy atom. The zero-order chi connectivity index (χ0) is 15.4. The van der Waals surface area contributed by atoms with Crippen molar-refractivity contribution >= 4 is 29.2 Å². The minimum atomic E-state index is -1.32. The quantitative estimate of drug-likeness (QED) is 0.910. The zero-order valence-corrected chi connectivity index (χ0v) is 11.5. The van der Waals surface area contributed by atoms with Crippen molar-refractivity contribution in [1.29, 1.82) is 0 Å². The molecule has 0 saturated carbocycles. The average molecular weight is 308 g/mol. The zero-order valence-electron chi connectivity index (χ0n) is 10.8. The number of hydrogen-bond donors (Lipinski definition) is 2. The SMILES string of the molecule is O=C(Cc1ccccc1Cl)Nc1c(F)cccc1C(=O)O. The summed E-state index contributed by atoms with van der Waals surface area (Å²) >= 11 is 5.94. The van der Waals surface area contributed by atoms with Crippen LogP contribution in [0.4, 0.5) is 10.1 Å². The molecule has 0 spiro atoms. The van der Waals surface area contributed by atoms with Crippen molar-refractivity contribution in [3.05, 3.63) is 64.4 Å². The van der Waals surface area contributed by atoms with E-state index in [1.54, 1.807) is 24.3 Å². The number of hydrogen-bond acceptors (Lipinski definition) is 2. The van der Waals surface area contributed by atoms with E-state index in [-0.39, 0.29) is 17.7 Å². The van der Waals surface area contributed by atoms with Crippen LogP contribution in [0.3, 0.4) is 0 Å². The minimum absolute atomic E-state index is 0.0763. The number of amides is 1. The predicted molar refractivity (Wildman–Crippen MR) is 77.1 cm³/mol. The van der Waals surface area contributed by atoms with Crippen LogP contribution >= 0.6 is 11.6 Å². The van der Waals surface area contributed by atoms with E-state index in [2.05, 4.69) is 5.32 Å². The van der Waals surface area contributed by atoms with Gasteiger partial charge < -0.3 is 10.4 Å². The van der Waals surface area contributed by atoms with Crippen LogP contribution in [-0.4, -0.2) is 17.0 Å². The highest BCUT2D eigenvalue weighted by Crippen LogP contribution is 2.21. The van der Waals surface area contributed by atoms with Crippen molar-refractivity contribution in [2.75, 3.05) is 5.32 Å². The maximum atomic E-state index is 13.7. The predicted octanol–water partition coefficient (Wildman–Crippen LogP) is 3.36. The van der Waals surface area contributed by atoms with Crippen LogP contribution in [-0.2, 0) is 11.2 Å². The van der Waals surface area contributed by atoms with E-state index in [9.17, 15) is 14.0 Å². The molecule has 6 heteroatoms. The van der Waals surface area contributed by atoms with Gasteiger partial charge in [-0.25, -0.2) is 9.18 Å². The van der Waals surface area contributed by atoms with Gasteiger partial charge >= 0.3 is 5.97 Å². The second kappa shape index (κ2) is 6.37. The number of carboxylic acid groups (broad SMARTS) is 1. The van der Waals surface area contributed by atoms with E-state index in [0.717, 1.165) is 6.07 Å². The van der Waals surface area contributed by atoms with Gasteiger partial charge in [0.05, 0.1) is 17.7 Å². The van der Waals surface area contributed by atoms with E-state index in [0.29, 0.717) is 10.6 Å². The molecule has 0 atom stereocenters. The Labute approximate surface area is 125 Å².